The molecule has 0 aromatic rings. The minimum absolute atomic E-state index is 0.0268. The minimum Gasteiger partial charge on any atom is -0.461 e. The number of nitrogens with one attached hydrogen (secondary N) is 2. The van der Waals surface area contributed by atoms with Gasteiger partial charge in [0.25, 0.3) is 0 Å². The smallest absolute Gasteiger partial charge is 0.328 e. The number of hydrogen-bond donors (Lipinski definition) is 2. The molecule has 0 radical (unpaired) electrons. The maximum Gasteiger partial charge on any atom is 0.328 e. The zero-order valence-electron chi connectivity index (χ0n) is 13.0. The Labute approximate surface area is 129 Å². The Morgan fingerprint density at radius 1 is 1.24 bits per heavy atom. The van der Waals surface area contributed by atoms with Crippen molar-refractivity contribution in [2.24, 2.45) is 0 Å². The molecule has 21 heavy (non-hydrogen) atoms. The van der Waals surface area contributed by atoms with Gasteiger partial charge in [0.1, 0.15) is 6.04 Å². The van der Waals surface area contributed by atoms with Gasteiger partial charge in [0.15, 0.2) is 5.78 Å². The molecule has 0 aromatic carbocycles. The molecule has 0 saturated heterocycles. The Kier molecular flexibility index (Phi) is 9.69. The second kappa shape index (κ2) is 10.4. The van der Waals surface area contributed by atoms with Crippen molar-refractivity contribution in [1.29, 1.82) is 5.41 Å². The Morgan fingerprint density at radius 3 is 2.33 bits per heavy atom. The number of esters is 1. The SMILES string of the molecule is CC(C)OC(=O)[C@H](CCC(=O)C=N)NC(=O)CSC(C)C. The van der Waals surface area contributed by atoms with Crippen molar-refractivity contribution >= 4 is 35.6 Å². The number of Topliss-reactive ketones (excluding diaryl/α,β-unsaturated/α-hetero) is 1. The van der Waals surface area contributed by atoms with Crippen LogP contribution >= 0.6 is 11.8 Å². The van der Waals surface area contributed by atoms with Crippen LogP contribution in [0.15, 0.2) is 0 Å². The molecule has 0 rings (SSSR count). The first-order valence-corrected chi connectivity index (χ1v) is 7.95. The third-order valence-electron chi connectivity index (χ3n) is 2.36. The molecule has 1 amide bonds. The van der Waals surface area contributed by atoms with E-state index in [9.17, 15) is 14.4 Å². The van der Waals surface area contributed by atoms with Crippen molar-refractivity contribution < 1.29 is 19.1 Å². The number of ketones is 1. The van der Waals surface area contributed by atoms with Crippen LogP contribution in [0.25, 0.3) is 0 Å². The van der Waals surface area contributed by atoms with Gasteiger partial charge in [0.2, 0.25) is 5.91 Å². The third-order valence-corrected chi connectivity index (χ3v) is 3.46. The summed E-state index contributed by atoms with van der Waals surface area (Å²) in [4.78, 5) is 34.9. The predicted molar refractivity (Wildman–Crippen MR) is 83.8 cm³/mol. The summed E-state index contributed by atoms with van der Waals surface area (Å²) in [5.41, 5.74) is 0. The summed E-state index contributed by atoms with van der Waals surface area (Å²) in [7, 11) is 0. The second-order valence-electron chi connectivity index (χ2n) is 5.11. The van der Waals surface area contributed by atoms with E-state index in [1.54, 1.807) is 13.8 Å². The van der Waals surface area contributed by atoms with Crippen LogP contribution in [-0.2, 0) is 19.1 Å². The van der Waals surface area contributed by atoms with Crippen LogP contribution in [0.5, 0.6) is 0 Å². The fraction of sp³-hybridized carbons (Fsp3) is 0.714. The lowest BCUT2D eigenvalue weighted by Gasteiger charge is -2.19. The van der Waals surface area contributed by atoms with E-state index in [1.807, 2.05) is 13.8 Å². The summed E-state index contributed by atoms with van der Waals surface area (Å²) >= 11 is 1.47. The van der Waals surface area contributed by atoms with Crippen molar-refractivity contribution in [3.63, 3.8) is 0 Å². The quantitative estimate of drug-likeness (QED) is 0.471. The highest BCUT2D eigenvalue weighted by molar-refractivity contribution is 8.00. The molecule has 0 aromatic heterocycles. The first kappa shape index (κ1) is 19.6. The lowest BCUT2D eigenvalue weighted by molar-refractivity contribution is -0.151. The monoisotopic (exact) mass is 316 g/mol. The summed E-state index contributed by atoms with van der Waals surface area (Å²) < 4.78 is 5.08. The molecular weight excluding hydrogens is 292 g/mol. The maximum absolute atomic E-state index is 11.9. The first-order valence-electron chi connectivity index (χ1n) is 6.91. The van der Waals surface area contributed by atoms with Gasteiger partial charge in [-0.25, -0.2) is 4.79 Å². The number of hydrogen-bond acceptors (Lipinski definition) is 6. The zero-order chi connectivity index (χ0) is 16.4. The van der Waals surface area contributed by atoms with E-state index in [4.69, 9.17) is 10.1 Å². The molecule has 6 nitrogen and oxygen atoms in total. The van der Waals surface area contributed by atoms with Gasteiger partial charge in [0, 0.05) is 6.42 Å². The van der Waals surface area contributed by atoms with E-state index < -0.39 is 12.0 Å². The van der Waals surface area contributed by atoms with E-state index in [0.29, 0.717) is 11.5 Å². The van der Waals surface area contributed by atoms with E-state index in [0.717, 1.165) is 0 Å². The highest BCUT2D eigenvalue weighted by Crippen LogP contribution is 2.09. The van der Waals surface area contributed by atoms with Gasteiger partial charge < -0.3 is 15.5 Å². The first-order chi connectivity index (χ1) is 9.76. The van der Waals surface area contributed by atoms with Gasteiger partial charge in [-0.05, 0) is 25.5 Å². The lowest BCUT2D eigenvalue weighted by Crippen LogP contribution is -2.43. The average molecular weight is 316 g/mol. The molecule has 0 aliphatic carbocycles. The third kappa shape index (κ3) is 10.1. The summed E-state index contributed by atoms with van der Waals surface area (Å²) in [5, 5.41) is 9.76. The normalized spacial score (nSPS) is 12.1. The number of rotatable bonds is 10. The summed E-state index contributed by atoms with van der Waals surface area (Å²) in [6.07, 6.45) is 0.582. The van der Waals surface area contributed by atoms with Crippen LogP contribution < -0.4 is 5.32 Å². The van der Waals surface area contributed by atoms with E-state index >= 15 is 0 Å². The van der Waals surface area contributed by atoms with E-state index in [2.05, 4.69) is 5.32 Å². The highest BCUT2D eigenvalue weighted by Gasteiger charge is 2.23. The average Bonchev–Trinajstić information content (AvgIpc) is 2.39. The van der Waals surface area contributed by atoms with Gasteiger partial charge in [0.05, 0.1) is 18.1 Å². The summed E-state index contributed by atoms with van der Waals surface area (Å²) in [6, 6.07) is -0.850. The van der Waals surface area contributed by atoms with Gasteiger partial charge in [-0.3, -0.25) is 9.59 Å². The largest absolute Gasteiger partial charge is 0.461 e. The molecular formula is C14H24N2O4S. The fourth-order valence-corrected chi connectivity index (χ4v) is 1.97. The highest BCUT2D eigenvalue weighted by atomic mass is 32.2. The van der Waals surface area contributed by atoms with E-state index in [-0.39, 0.29) is 36.4 Å². The number of carbonyl (C=O) groups excluding carboxylic acids is 3. The van der Waals surface area contributed by atoms with Crippen LogP contribution in [0.4, 0.5) is 0 Å². The molecule has 0 heterocycles. The molecule has 120 valence electrons. The van der Waals surface area contributed by atoms with Gasteiger partial charge in [-0.1, -0.05) is 13.8 Å². The predicted octanol–water partition coefficient (Wildman–Crippen LogP) is 1.56. The van der Waals surface area contributed by atoms with Crippen molar-refractivity contribution in [3.8, 4) is 0 Å². The number of carbonyl (C=O) groups is 3. The standard InChI is InChI=1S/C14H24N2O4S/c1-9(2)20-14(19)12(6-5-11(17)7-15)16-13(18)8-21-10(3)4/h7,9-10,12,15H,5-6,8H2,1-4H3,(H,16,18)/t12-/m0/s1. The maximum atomic E-state index is 11.9. The Morgan fingerprint density at radius 2 is 1.86 bits per heavy atom. The van der Waals surface area contributed by atoms with E-state index in [1.165, 1.54) is 11.8 Å². The minimum atomic E-state index is -0.850. The Bertz CT molecular complexity index is 383. The molecule has 0 fully saturated rings. The molecule has 0 unspecified atom stereocenters. The molecule has 0 aliphatic rings. The fourth-order valence-electron chi connectivity index (χ4n) is 1.40. The lowest BCUT2D eigenvalue weighted by atomic mass is 10.1. The second-order valence-corrected chi connectivity index (χ2v) is 6.68. The molecule has 0 aliphatic heterocycles. The molecule has 7 heteroatoms. The zero-order valence-corrected chi connectivity index (χ0v) is 13.8. The molecule has 1 atom stereocenters. The molecule has 0 bridgehead atoms. The Hall–Kier alpha value is -1.37. The summed E-state index contributed by atoms with van der Waals surface area (Å²) in [5.74, 6) is -0.947. The Balaban J connectivity index is 4.55. The van der Waals surface area contributed by atoms with Gasteiger partial charge >= 0.3 is 5.97 Å². The number of ether oxygens (including phenoxy) is 1. The summed E-state index contributed by atoms with van der Waals surface area (Å²) in [6.45, 7) is 7.39. The molecule has 0 spiro atoms. The van der Waals surface area contributed by atoms with Gasteiger partial charge in [-0.2, -0.15) is 0 Å². The topological polar surface area (TPSA) is 96.3 Å². The van der Waals surface area contributed by atoms with Crippen molar-refractivity contribution in [1.82, 2.24) is 5.32 Å². The van der Waals surface area contributed by atoms with Crippen molar-refractivity contribution in [3.05, 3.63) is 0 Å². The van der Waals surface area contributed by atoms with Crippen LogP contribution in [-0.4, -0.2) is 47.0 Å². The molecule has 0 saturated carbocycles. The number of thioether (sulfide) groups is 1. The van der Waals surface area contributed by atoms with Gasteiger partial charge in [-0.15, -0.1) is 11.8 Å². The van der Waals surface area contributed by atoms with Crippen LogP contribution in [0.2, 0.25) is 0 Å². The van der Waals surface area contributed by atoms with Crippen LogP contribution in [0.3, 0.4) is 0 Å². The van der Waals surface area contributed by atoms with Crippen molar-refractivity contribution in [2.45, 2.75) is 57.9 Å². The number of amides is 1. The van der Waals surface area contributed by atoms with Crippen LogP contribution in [0.1, 0.15) is 40.5 Å². The van der Waals surface area contributed by atoms with Crippen molar-refractivity contribution in [2.75, 3.05) is 5.75 Å². The van der Waals surface area contributed by atoms with Crippen LogP contribution in [0, 0.1) is 5.41 Å². The molecule has 2 N–H and O–H groups in total.